The second-order valence-corrected chi connectivity index (χ2v) is 6.33. The van der Waals surface area contributed by atoms with Gasteiger partial charge < -0.3 is 14.5 Å². The third-order valence-corrected chi connectivity index (χ3v) is 4.68. The number of aromatic amines is 1. The van der Waals surface area contributed by atoms with E-state index in [4.69, 9.17) is 9.47 Å². The fraction of sp³-hybridized carbons (Fsp3) is 0.0526. The molecule has 0 unspecified atom stereocenters. The summed E-state index contributed by atoms with van der Waals surface area (Å²) in [5.74, 6) is 0.890. The number of carbonyl (C=O) groups is 1. The van der Waals surface area contributed by atoms with E-state index < -0.39 is 0 Å². The highest BCUT2D eigenvalue weighted by atomic mass is 79.9. The Bertz CT molecular complexity index is 1080. The lowest BCUT2D eigenvalue weighted by Crippen LogP contribution is -2.01. The van der Waals surface area contributed by atoms with Gasteiger partial charge in [0.05, 0.1) is 0 Å². The van der Waals surface area contributed by atoms with Gasteiger partial charge in [0.15, 0.2) is 11.5 Å². The number of nitrogens with zero attached hydrogens (tertiary/aromatic N) is 1. The van der Waals surface area contributed by atoms with Crippen LogP contribution in [0.4, 0.5) is 0 Å². The first-order valence-electron chi connectivity index (χ1n) is 7.49. The zero-order chi connectivity index (χ0) is 17.4. The van der Waals surface area contributed by atoms with Crippen LogP contribution in [-0.2, 0) is 0 Å². The Morgan fingerprint density at radius 3 is 2.80 bits per heavy atom. The lowest BCUT2D eigenvalue weighted by Gasteiger charge is -2.03. The van der Waals surface area contributed by atoms with Crippen molar-refractivity contribution in [2.24, 2.45) is 0 Å². The van der Waals surface area contributed by atoms with Crippen molar-refractivity contribution in [3.05, 3.63) is 63.8 Å². The van der Waals surface area contributed by atoms with Crippen LogP contribution >= 0.6 is 15.9 Å². The zero-order valence-electron chi connectivity index (χ0n) is 12.9. The van der Waals surface area contributed by atoms with E-state index in [1.807, 2.05) is 30.3 Å². The summed E-state index contributed by atoms with van der Waals surface area (Å²) in [5.41, 5.74) is 2.05. The molecule has 1 aromatic heterocycles. The van der Waals surface area contributed by atoms with Crippen molar-refractivity contribution in [3.8, 4) is 17.6 Å². The Morgan fingerprint density at radius 2 is 2.00 bits per heavy atom. The summed E-state index contributed by atoms with van der Waals surface area (Å²) in [6.45, 7) is 0.161. The molecule has 0 aliphatic carbocycles. The molecule has 0 atom stereocenters. The molecule has 0 spiro atoms. The zero-order valence-corrected chi connectivity index (χ0v) is 14.5. The predicted molar refractivity (Wildman–Crippen MR) is 96.5 cm³/mol. The number of ether oxygens (including phenoxy) is 2. The largest absolute Gasteiger partial charge is 0.454 e. The molecule has 1 aliphatic rings. The number of para-hydroxylation sites is 1. The lowest BCUT2D eigenvalue weighted by molar-refractivity contribution is 0.104. The first kappa shape index (κ1) is 15.5. The van der Waals surface area contributed by atoms with Crippen LogP contribution in [0.15, 0.2) is 52.6 Å². The van der Waals surface area contributed by atoms with Crippen LogP contribution in [-0.4, -0.2) is 17.6 Å². The number of Topliss-reactive ketones (excluding diaryl/α,β-unsaturated/α-hetero) is 1. The highest BCUT2D eigenvalue weighted by molar-refractivity contribution is 9.10. The van der Waals surface area contributed by atoms with Crippen LogP contribution in [0, 0.1) is 11.3 Å². The van der Waals surface area contributed by atoms with Crippen LogP contribution in [0.1, 0.15) is 15.9 Å². The normalized spacial score (nSPS) is 13.0. The van der Waals surface area contributed by atoms with Crippen molar-refractivity contribution in [2.45, 2.75) is 0 Å². The summed E-state index contributed by atoms with van der Waals surface area (Å²) in [5, 5.41) is 10.3. The third kappa shape index (κ3) is 2.69. The monoisotopic (exact) mass is 394 g/mol. The van der Waals surface area contributed by atoms with E-state index in [-0.39, 0.29) is 18.1 Å². The number of allylic oxidation sites excluding steroid dienone is 1. The molecule has 1 N–H and O–H groups in total. The van der Waals surface area contributed by atoms with Gasteiger partial charge in [-0.05, 0) is 29.8 Å². The number of aromatic nitrogens is 1. The van der Waals surface area contributed by atoms with Crippen molar-refractivity contribution < 1.29 is 14.3 Å². The minimum Gasteiger partial charge on any atom is -0.454 e. The third-order valence-electron chi connectivity index (χ3n) is 3.99. The number of nitriles is 1. The summed E-state index contributed by atoms with van der Waals surface area (Å²) in [4.78, 5) is 15.9. The SMILES string of the molecule is N#C/C(=C\c1cc2c(cc1Br)OCO2)C(=O)c1c[nH]c2ccccc12. The molecule has 2 heterocycles. The minimum absolute atomic E-state index is 0.0457. The Balaban J connectivity index is 1.77. The van der Waals surface area contributed by atoms with Crippen molar-refractivity contribution in [1.82, 2.24) is 4.98 Å². The van der Waals surface area contributed by atoms with Gasteiger partial charge in [0.2, 0.25) is 12.6 Å². The first-order chi connectivity index (χ1) is 12.2. The van der Waals surface area contributed by atoms with Crippen LogP contribution in [0.2, 0.25) is 0 Å². The van der Waals surface area contributed by atoms with Crippen molar-refractivity contribution in [1.29, 1.82) is 5.26 Å². The van der Waals surface area contributed by atoms with Gasteiger partial charge in [0.1, 0.15) is 11.6 Å². The van der Waals surface area contributed by atoms with Crippen LogP contribution in [0.3, 0.4) is 0 Å². The van der Waals surface area contributed by atoms with Crippen LogP contribution < -0.4 is 9.47 Å². The van der Waals surface area contributed by atoms with E-state index in [1.165, 1.54) is 0 Å². The molecule has 0 amide bonds. The molecule has 3 aromatic rings. The maximum atomic E-state index is 12.8. The van der Waals surface area contributed by atoms with Gasteiger partial charge in [-0.3, -0.25) is 4.79 Å². The summed E-state index contributed by atoms with van der Waals surface area (Å²) in [6, 6.07) is 13.0. The molecule has 0 radical (unpaired) electrons. The number of carbonyl (C=O) groups excluding carboxylic acids is 1. The topological polar surface area (TPSA) is 75.1 Å². The van der Waals surface area contributed by atoms with Crippen molar-refractivity contribution in [2.75, 3.05) is 6.79 Å². The fourth-order valence-corrected chi connectivity index (χ4v) is 3.19. The molecule has 1 aliphatic heterocycles. The molecule has 0 fully saturated rings. The van der Waals surface area contributed by atoms with Gasteiger partial charge >= 0.3 is 0 Å². The standard InChI is InChI=1S/C19H11BrN2O3/c20-15-7-18-17(24-10-25-18)6-11(15)5-12(8-21)19(23)14-9-22-16-4-2-1-3-13(14)16/h1-7,9,22H,10H2/b12-5+. The maximum absolute atomic E-state index is 12.8. The van der Waals surface area contributed by atoms with Gasteiger partial charge in [0.25, 0.3) is 0 Å². The maximum Gasteiger partial charge on any atom is 0.231 e. The first-order valence-corrected chi connectivity index (χ1v) is 8.28. The number of hydrogen-bond acceptors (Lipinski definition) is 4. The van der Waals surface area contributed by atoms with Gasteiger partial charge in [-0.2, -0.15) is 5.26 Å². The molecule has 0 saturated carbocycles. The molecule has 25 heavy (non-hydrogen) atoms. The van der Waals surface area contributed by atoms with Gasteiger partial charge in [-0.15, -0.1) is 0 Å². The lowest BCUT2D eigenvalue weighted by atomic mass is 10.0. The number of ketones is 1. The van der Waals surface area contributed by atoms with E-state index in [9.17, 15) is 10.1 Å². The quantitative estimate of drug-likeness (QED) is 0.404. The van der Waals surface area contributed by atoms with E-state index >= 15 is 0 Å². The van der Waals surface area contributed by atoms with E-state index in [2.05, 4.69) is 20.9 Å². The number of benzene rings is 2. The van der Waals surface area contributed by atoms with Gasteiger partial charge in [-0.1, -0.05) is 34.1 Å². The van der Waals surface area contributed by atoms with Crippen LogP contribution in [0.5, 0.6) is 11.5 Å². The van der Waals surface area contributed by atoms with Crippen molar-refractivity contribution in [3.63, 3.8) is 0 Å². The molecule has 6 heteroatoms. The second kappa shape index (κ2) is 6.11. The van der Waals surface area contributed by atoms with E-state index in [1.54, 1.807) is 24.4 Å². The number of halogens is 1. The number of nitrogens with one attached hydrogen (secondary N) is 1. The minimum atomic E-state index is -0.329. The smallest absolute Gasteiger partial charge is 0.231 e. The number of fused-ring (bicyclic) bond motifs is 2. The Labute approximate surface area is 151 Å². The molecule has 122 valence electrons. The highest BCUT2D eigenvalue weighted by Crippen LogP contribution is 2.37. The number of rotatable bonds is 3. The fourth-order valence-electron chi connectivity index (χ4n) is 2.75. The van der Waals surface area contributed by atoms with Gasteiger partial charge in [0, 0.05) is 27.1 Å². The summed E-state index contributed by atoms with van der Waals surface area (Å²) >= 11 is 3.44. The molecule has 2 aromatic carbocycles. The Hall–Kier alpha value is -3.04. The molecular formula is C19H11BrN2O3. The number of hydrogen-bond donors (Lipinski definition) is 1. The Morgan fingerprint density at radius 1 is 1.24 bits per heavy atom. The molecule has 0 saturated heterocycles. The van der Waals surface area contributed by atoms with E-state index in [0.29, 0.717) is 22.6 Å². The molecule has 4 rings (SSSR count). The molecular weight excluding hydrogens is 384 g/mol. The van der Waals surface area contributed by atoms with Crippen molar-refractivity contribution >= 4 is 38.7 Å². The summed E-state index contributed by atoms with van der Waals surface area (Å²) < 4.78 is 11.4. The summed E-state index contributed by atoms with van der Waals surface area (Å²) in [7, 11) is 0. The highest BCUT2D eigenvalue weighted by Gasteiger charge is 2.19. The van der Waals surface area contributed by atoms with E-state index in [0.717, 1.165) is 15.4 Å². The second-order valence-electron chi connectivity index (χ2n) is 5.47. The van der Waals surface area contributed by atoms with Gasteiger partial charge in [-0.25, -0.2) is 0 Å². The average Bonchev–Trinajstić information content (AvgIpc) is 3.25. The predicted octanol–water partition coefficient (Wildman–Crippen LogP) is 4.45. The molecule has 0 bridgehead atoms. The Kier molecular flexibility index (Phi) is 3.79. The summed E-state index contributed by atoms with van der Waals surface area (Å²) in [6.07, 6.45) is 3.18. The van der Waals surface area contributed by atoms with Crippen LogP contribution in [0.25, 0.3) is 17.0 Å². The molecule has 5 nitrogen and oxygen atoms in total. The average molecular weight is 395 g/mol. The number of H-pyrrole nitrogens is 1.